The number of ether oxygens (including phenoxy) is 1. The number of nitrogens with one attached hydrogen (secondary N) is 1. The third-order valence-corrected chi connectivity index (χ3v) is 3.83. The summed E-state index contributed by atoms with van der Waals surface area (Å²) < 4.78 is 4.73. The molecule has 0 bridgehead atoms. The van der Waals surface area contributed by atoms with Crippen molar-refractivity contribution in [2.24, 2.45) is 0 Å². The lowest BCUT2D eigenvalue weighted by Gasteiger charge is -2.15. The number of β-amino-alcohol motifs (C(OH)–C–C–N with tert-alkyl or cyclic N) is 1. The summed E-state index contributed by atoms with van der Waals surface area (Å²) in [6.07, 6.45) is 0. The summed E-state index contributed by atoms with van der Waals surface area (Å²) in [6.45, 7) is 1.85. The zero-order valence-electron chi connectivity index (χ0n) is 13.6. The molecule has 0 saturated heterocycles. The van der Waals surface area contributed by atoms with Gasteiger partial charge in [-0.15, -0.1) is 0 Å². The first-order chi connectivity index (χ1) is 11.5. The molecule has 0 aliphatic carbocycles. The fourth-order valence-corrected chi connectivity index (χ4v) is 2.42. The number of hydrogen-bond acceptors (Lipinski definition) is 6. The first-order valence-electron chi connectivity index (χ1n) is 7.50. The highest BCUT2D eigenvalue weighted by molar-refractivity contribution is 6.08. The van der Waals surface area contributed by atoms with Gasteiger partial charge in [0.2, 0.25) is 0 Å². The molecule has 126 valence electrons. The van der Waals surface area contributed by atoms with Gasteiger partial charge < -0.3 is 20.1 Å². The van der Waals surface area contributed by atoms with Crippen LogP contribution in [0.25, 0.3) is 0 Å². The molecule has 1 atom stereocenters. The van der Waals surface area contributed by atoms with Crippen molar-refractivity contribution in [1.82, 2.24) is 4.90 Å². The van der Waals surface area contributed by atoms with Gasteiger partial charge in [-0.1, -0.05) is 12.1 Å². The van der Waals surface area contributed by atoms with Gasteiger partial charge in [0.05, 0.1) is 37.8 Å². The number of nitriles is 1. The smallest absolute Gasteiger partial charge is 0.337 e. The molecule has 1 heterocycles. The molecular formula is C17H19N3O4. The third kappa shape index (κ3) is 3.55. The van der Waals surface area contributed by atoms with Gasteiger partial charge in [0.1, 0.15) is 5.70 Å². The molecular weight excluding hydrogens is 310 g/mol. The lowest BCUT2D eigenvalue weighted by atomic mass is 10.0. The SMILES string of the molecule is COC(=O)C1=C(Nc2ccc(C(C)C#N)cc2)C(=O)N(CCO)C1. The minimum absolute atomic E-state index is 0.0952. The minimum atomic E-state index is -0.582. The predicted molar refractivity (Wildman–Crippen MR) is 86.8 cm³/mol. The number of esters is 1. The fourth-order valence-electron chi connectivity index (χ4n) is 2.42. The number of aliphatic hydroxyl groups is 1. The monoisotopic (exact) mass is 329 g/mol. The van der Waals surface area contributed by atoms with Crippen molar-refractivity contribution in [1.29, 1.82) is 5.26 Å². The standard InChI is InChI=1S/C17H19N3O4/c1-11(9-18)12-3-5-13(6-4-12)19-15-14(17(23)24-2)10-20(7-8-21)16(15)22/h3-6,11,19,21H,7-8,10H2,1-2H3. The number of anilines is 1. The van der Waals surface area contributed by atoms with E-state index in [0.29, 0.717) is 5.69 Å². The maximum atomic E-state index is 12.4. The summed E-state index contributed by atoms with van der Waals surface area (Å²) in [5.74, 6) is -1.17. The number of aliphatic hydroxyl groups excluding tert-OH is 1. The second-order valence-electron chi connectivity index (χ2n) is 5.39. The van der Waals surface area contributed by atoms with Crippen LogP contribution < -0.4 is 5.32 Å². The molecule has 1 unspecified atom stereocenters. The number of methoxy groups -OCH3 is 1. The van der Waals surface area contributed by atoms with E-state index in [2.05, 4.69) is 11.4 Å². The van der Waals surface area contributed by atoms with Crippen LogP contribution in [0.1, 0.15) is 18.4 Å². The zero-order chi connectivity index (χ0) is 17.7. The van der Waals surface area contributed by atoms with Gasteiger partial charge in [-0.3, -0.25) is 4.79 Å². The van der Waals surface area contributed by atoms with Crippen LogP contribution in [0, 0.1) is 11.3 Å². The summed E-state index contributed by atoms with van der Waals surface area (Å²) >= 11 is 0. The molecule has 1 amide bonds. The predicted octanol–water partition coefficient (Wildman–Crippen LogP) is 0.987. The molecule has 2 N–H and O–H groups in total. The number of hydrogen-bond donors (Lipinski definition) is 2. The molecule has 0 saturated carbocycles. The van der Waals surface area contributed by atoms with Gasteiger partial charge in [-0.2, -0.15) is 5.26 Å². The molecule has 7 nitrogen and oxygen atoms in total. The first-order valence-corrected chi connectivity index (χ1v) is 7.50. The normalized spacial score (nSPS) is 15.2. The van der Waals surface area contributed by atoms with Gasteiger partial charge in [-0.05, 0) is 24.6 Å². The molecule has 24 heavy (non-hydrogen) atoms. The second kappa shape index (κ2) is 7.62. The van der Waals surface area contributed by atoms with E-state index < -0.39 is 5.97 Å². The molecule has 0 fully saturated rings. The van der Waals surface area contributed by atoms with Crippen LogP contribution in [0.3, 0.4) is 0 Å². The Bertz CT molecular complexity index is 704. The molecule has 2 rings (SSSR count). The lowest BCUT2D eigenvalue weighted by Crippen LogP contribution is -2.31. The molecule has 1 aromatic carbocycles. The minimum Gasteiger partial charge on any atom is -0.466 e. The van der Waals surface area contributed by atoms with Crippen LogP contribution in [0.2, 0.25) is 0 Å². The van der Waals surface area contributed by atoms with Crippen molar-refractivity contribution in [3.05, 3.63) is 41.1 Å². The number of carbonyl (C=O) groups excluding carboxylic acids is 2. The van der Waals surface area contributed by atoms with Gasteiger partial charge in [0, 0.05) is 12.2 Å². The van der Waals surface area contributed by atoms with E-state index >= 15 is 0 Å². The Morgan fingerprint density at radius 1 is 1.46 bits per heavy atom. The van der Waals surface area contributed by atoms with E-state index in [9.17, 15) is 9.59 Å². The number of amides is 1. The van der Waals surface area contributed by atoms with Crippen molar-refractivity contribution in [2.75, 3.05) is 32.1 Å². The quantitative estimate of drug-likeness (QED) is 0.755. The van der Waals surface area contributed by atoms with E-state index in [1.54, 1.807) is 31.2 Å². The fraction of sp³-hybridized carbons (Fsp3) is 0.353. The molecule has 7 heteroatoms. The molecule has 1 aliphatic rings. The van der Waals surface area contributed by atoms with Crippen molar-refractivity contribution in [2.45, 2.75) is 12.8 Å². The average molecular weight is 329 g/mol. The van der Waals surface area contributed by atoms with Crippen molar-refractivity contribution in [3.8, 4) is 6.07 Å². The van der Waals surface area contributed by atoms with Crippen LogP contribution >= 0.6 is 0 Å². The van der Waals surface area contributed by atoms with E-state index in [-0.39, 0.29) is 42.8 Å². The highest BCUT2D eigenvalue weighted by Crippen LogP contribution is 2.24. The Hall–Kier alpha value is -2.85. The topological polar surface area (TPSA) is 103 Å². The summed E-state index contributed by atoms with van der Waals surface area (Å²) in [4.78, 5) is 25.7. The summed E-state index contributed by atoms with van der Waals surface area (Å²) in [6, 6.07) is 9.22. The van der Waals surface area contributed by atoms with E-state index in [1.165, 1.54) is 12.0 Å². The second-order valence-corrected chi connectivity index (χ2v) is 5.39. The summed E-state index contributed by atoms with van der Waals surface area (Å²) in [5, 5.41) is 20.9. The molecule has 0 aromatic heterocycles. The van der Waals surface area contributed by atoms with Crippen molar-refractivity contribution < 1.29 is 19.4 Å². The summed E-state index contributed by atoms with van der Waals surface area (Å²) in [5.41, 5.74) is 1.87. The van der Waals surface area contributed by atoms with E-state index in [0.717, 1.165) is 5.56 Å². The number of benzene rings is 1. The van der Waals surface area contributed by atoms with Crippen molar-refractivity contribution in [3.63, 3.8) is 0 Å². The molecule has 0 spiro atoms. The highest BCUT2D eigenvalue weighted by atomic mass is 16.5. The Morgan fingerprint density at radius 3 is 2.67 bits per heavy atom. The molecule has 1 aliphatic heterocycles. The van der Waals surface area contributed by atoms with Crippen LogP contribution in [0.5, 0.6) is 0 Å². The lowest BCUT2D eigenvalue weighted by molar-refractivity contribution is -0.136. The van der Waals surface area contributed by atoms with E-state index in [4.69, 9.17) is 15.1 Å². The van der Waals surface area contributed by atoms with Crippen LogP contribution in [-0.4, -0.2) is 48.7 Å². The largest absolute Gasteiger partial charge is 0.466 e. The Balaban J connectivity index is 2.25. The zero-order valence-corrected chi connectivity index (χ0v) is 13.6. The van der Waals surface area contributed by atoms with Crippen molar-refractivity contribution >= 4 is 17.6 Å². The average Bonchev–Trinajstić information content (AvgIpc) is 2.91. The first kappa shape index (κ1) is 17.5. The molecule has 0 radical (unpaired) electrons. The number of carbonyl (C=O) groups is 2. The Kier molecular flexibility index (Phi) is 5.55. The van der Waals surface area contributed by atoms with Gasteiger partial charge in [0.25, 0.3) is 5.91 Å². The Labute approximate surface area is 140 Å². The Morgan fingerprint density at radius 2 is 2.12 bits per heavy atom. The maximum Gasteiger partial charge on any atom is 0.337 e. The van der Waals surface area contributed by atoms with Crippen LogP contribution in [0.15, 0.2) is 35.5 Å². The number of nitrogens with zero attached hydrogens (tertiary/aromatic N) is 2. The maximum absolute atomic E-state index is 12.4. The van der Waals surface area contributed by atoms with Gasteiger partial charge in [-0.25, -0.2) is 4.79 Å². The van der Waals surface area contributed by atoms with Crippen LogP contribution in [-0.2, 0) is 14.3 Å². The number of rotatable bonds is 6. The van der Waals surface area contributed by atoms with Crippen LogP contribution in [0.4, 0.5) is 5.69 Å². The highest BCUT2D eigenvalue weighted by Gasteiger charge is 2.34. The molecule has 1 aromatic rings. The van der Waals surface area contributed by atoms with Gasteiger partial charge in [0.15, 0.2) is 0 Å². The summed E-state index contributed by atoms with van der Waals surface area (Å²) in [7, 11) is 1.25. The van der Waals surface area contributed by atoms with E-state index in [1.807, 2.05) is 0 Å². The third-order valence-electron chi connectivity index (χ3n) is 3.83. The van der Waals surface area contributed by atoms with Gasteiger partial charge >= 0.3 is 5.97 Å².